The van der Waals surface area contributed by atoms with Gasteiger partial charge in [0.15, 0.2) is 0 Å². The predicted molar refractivity (Wildman–Crippen MR) is 84.7 cm³/mol. The molecular weight excluding hydrogens is 304 g/mol. The smallest absolute Gasteiger partial charge is 0.410 e. The maximum absolute atomic E-state index is 12.0. The minimum Gasteiger partial charge on any atom is -0.445 e. The van der Waals surface area contributed by atoms with Gasteiger partial charge in [0.25, 0.3) is 0 Å². The molecule has 1 aromatic rings. The van der Waals surface area contributed by atoms with Crippen LogP contribution in [0.15, 0.2) is 30.3 Å². The number of nitrogens with zero attached hydrogens (tertiary/aromatic N) is 2. The summed E-state index contributed by atoms with van der Waals surface area (Å²) in [5, 5.41) is 0. The zero-order valence-corrected chi connectivity index (χ0v) is 13.5. The molecule has 1 saturated heterocycles. The third kappa shape index (κ3) is 4.63. The molecule has 0 aliphatic carbocycles. The minimum absolute atomic E-state index is 0.00789. The van der Waals surface area contributed by atoms with Crippen molar-refractivity contribution in [2.75, 3.05) is 32.6 Å². The van der Waals surface area contributed by atoms with Crippen molar-refractivity contribution in [3.8, 4) is 0 Å². The molecule has 22 heavy (non-hydrogen) atoms. The molecule has 0 bridgehead atoms. The number of halogens is 1. The fourth-order valence-corrected chi connectivity index (χ4v) is 2.75. The largest absolute Gasteiger partial charge is 0.445 e. The fraction of sp³-hybridized carbons (Fsp3) is 0.500. The van der Waals surface area contributed by atoms with Gasteiger partial charge in [0, 0.05) is 26.7 Å². The second kappa shape index (κ2) is 8.03. The van der Waals surface area contributed by atoms with Gasteiger partial charge >= 0.3 is 6.09 Å². The van der Waals surface area contributed by atoms with Crippen molar-refractivity contribution in [2.45, 2.75) is 13.0 Å². The Balaban J connectivity index is 1.75. The molecule has 0 aromatic heterocycles. The monoisotopic (exact) mass is 324 g/mol. The number of carbonyl (C=O) groups excluding carboxylic acids is 2. The Morgan fingerprint density at radius 3 is 2.77 bits per heavy atom. The average molecular weight is 325 g/mol. The second-order valence-electron chi connectivity index (χ2n) is 5.55. The summed E-state index contributed by atoms with van der Waals surface area (Å²) >= 11 is 5.54. The van der Waals surface area contributed by atoms with Crippen molar-refractivity contribution in [1.82, 2.24) is 9.80 Å². The molecule has 1 aliphatic rings. The quantitative estimate of drug-likeness (QED) is 0.781. The van der Waals surface area contributed by atoms with Gasteiger partial charge < -0.3 is 14.5 Å². The van der Waals surface area contributed by atoms with Gasteiger partial charge in [0.2, 0.25) is 5.91 Å². The molecule has 1 heterocycles. The first-order chi connectivity index (χ1) is 10.6. The van der Waals surface area contributed by atoms with Crippen LogP contribution in [0.4, 0.5) is 4.79 Å². The molecule has 1 aromatic carbocycles. The highest BCUT2D eigenvalue weighted by Gasteiger charge is 2.28. The van der Waals surface area contributed by atoms with Gasteiger partial charge in [0.05, 0.1) is 0 Å². The van der Waals surface area contributed by atoms with Crippen LogP contribution in [0.5, 0.6) is 0 Å². The fourth-order valence-electron chi connectivity index (χ4n) is 2.55. The highest BCUT2D eigenvalue weighted by Crippen LogP contribution is 2.18. The van der Waals surface area contributed by atoms with Crippen LogP contribution in [0, 0.1) is 5.92 Å². The summed E-state index contributed by atoms with van der Waals surface area (Å²) in [6.45, 7) is 2.19. The van der Waals surface area contributed by atoms with Gasteiger partial charge in [-0.05, 0) is 17.9 Å². The maximum atomic E-state index is 12.0. The van der Waals surface area contributed by atoms with E-state index in [4.69, 9.17) is 16.3 Å². The number of carbonyl (C=O) groups is 2. The van der Waals surface area contributed by atoms with Crippen molar-refractivity contribution >= 4 is 23.6 Å². The zero-order chi connectivity index (χ0) is 15.9. The summed E-state index contributed by atoms with van der Waals surface area (Å²) in [6, 6.07) is 9.60. The van der Waals surface area contributed by atoms with Crippen molar-refractivity contribution < 1.29 is 14.3 Å². The third-order valence-corrected chi connectivity index (χ3v) is 4.05. The lowest BCUT2D eigenvalue weighted by Crippen LogP contribution is -2.35. The van der Waals surface area contributed by atoms with E-state index in [1.807, 2.05) is 30.3 Å². The van der Waals surface area contributed by atoms with E-state index in [0.717, 1.165) is 12.0 Å². The Bertz CT molecular complexity index is 509. The van der Waals surface area contributed by atoms with Crippen molar-refractivity contribution in [3.05, 3.63) is 35.9 Å². The lowest BCUT2D eigenvalue weighted by atomic mass is 10.1. The molecule has 0 radical (unpaired) electrons. The Morgan fingerprint density at radius 2 is 2.09 bits per heavy atom. The van der Waals surface area contributed by atoms with Crippen LogP contribution < -0.4 is 0 Å². The van der Waals surface area contributed by atoms with Gasteiger partial charge in [-0.2, -0.15) is 0 Å². The Hall–Kier alpha value is -1.75. The summed E-state index contributed by atoms with van der Waals surface area (Å²) in [5.74, 6) is 0.180. The highest BCUT2D eigenvalue weighted by molar-refractivity contribution is 6.27. The third-order valence-electron chi connectivity index (χ3n) is 3.82. The van der Waals surface area contributed by atoms with Gasteiger partial charge in [-0.25, -0.2) is 4.79 Å². The lowest BCUT2D eigenvalue weighted by molar-refractivity contribution is -0.127. The van der Waals surface area contributed by atoms with E-state index in [2.05, 4.69) is 0 Å². The van der Waals surface area contributed by atoms with E-state index in [9.17, 15) is 9.59 Å². The second-order valence-corrected chi connectivity index (χ2v) is 5.82. The molecule has 0 unspecified atom stereocenters. The highest BCUT2D eigenvalue weighted by atomic mass is 35.5. The molecule has 2 amide bonds. The van der Waals surface area contributed by atoms with Crippen LogP contribution in [-0.4, -0.2) is 54.4 Å². The van der Waals surface area contributed by atoms with Gasteiger partial charge in [-0.15, -0.1) is 11.6 Å². The average Bonchev–Trinajstić information content (AvgIpc) is 3.01. The number of rotatable bonds is 5. The van der Waals surface area contributed by atoms with Crippen LogP contribution in [0.25, 0.3) is 0 Å². The molecule has 1 aliphatic heterocycles. The molecule has 1 fully saturated rings. The first-order valence-electron chi connectivity index (χ1n) is 7.35. The number of hydrogen-bond acceptors (Lipinski definition) is 3. The molecule has 0 spiro atoms. The Labute approximate surface area is 135 Å². The predicted octanol–water partition coefficient (Wildman–Crippen LogP) is 2.34. The molecule has 120 valence electrons. The standard InChI is InChI=1S/C16H21ClN2O3/c1-18(15(20)9-17)10-14-7-8-19(11-14)16(21)22-12-13-5-3-2-4-6-13/h2-6,14H,7-12H2,1H3/t14-/m1/s1. The van der Waals surface area contributed by atoms with Crippen LogP contribution in [0.3, 0.4) is 0 Å². The van der Waals surface area contributed by atoms with Crippen LogP contribution >= 0.6 is 11.6 Å². The van der Waals surface area contributed by atoms with Gasteiger partial charge in [-0.3, -0.25) is 4.79 Å². The maximum Gasteiger partial charge on any atom is 0.410 e. The molecule has 1 atom stereocenters. The van der Waals surface area contributed by atoms with E-state index in [1.54, 1.807) is 16.8 Å². The minimum atomic E-state index is -0.294. The number of benzene rings is 1. The van der Waals surface area contributed by atoms with Crippen LogP contribution in [0.2, 0.25) is 0 Å². The van der Waals surface area contributed by atoms with E-state index in [-0.39, 0.29) is 30.4 Å². The molecule has 0 saturated carbocycles. The lowest BCUT2D eigenvalue weighted by Gasteiger charge is -2.21. The van der Waals surface area contributed by atoms with E-state index < -0.39 is 0 Å². The van der Waals surface area contributed by atoms with Crippen molar-refractivity contribution in [3.63, 3.8) is 0 Å². The molecule has 2 rings (SSSR count). The van der Waals surface area contributed by atoms with Gasteiger partial charge in [-0.1, -0.05) is 30.3 Å². The first kappa shape index (κ1) is 16.6. The molecule has 5 nitrogen and oxygen atoms in total. The Morgan fingerprint density at radius 1 is 1.36 bits per heavy atom. The van der Waals surface area contributed by atoms with E-state index in [1.165, 1.54) is 0 Å². The zero-order valence-electron chi connectivity index (χ0n) is 12.7. The number of alkyl halides is 1. The number of ether oxygens (including phenoxy) is 1. The summed E-state index contributed by atoms with van der Waals surface area (Å²) in [4.78, 5) is 26.8. The van der Waals surface area contributed by atoms with Crippen molar-refractivity contribution in [2.24, 2.45) is 5.92 Å². The first-order valence-corrected chi connectivity index (χ1v) is 7.89. The summed E-state index contributed by atoms with van der Waals surface area (Å²) in [7, 11) is 1.74. The SMILES string of the molecule is CN(C[C@H]1CCN(C(=O)OCc2ccccc2)C1)C(=O)CCl. The van der Waals surface area contributed by atoms with Gasteiger partial charge in [0.1, 0.15) is 12.5 Å². The number of amides is 2. The summed E-state index contributed by atoms with van der Waals surface area (Å²) < 4.78 is 5.32. The topological polar surface area (TPSA) is 49.9 Å². The number of hydrogen-bond donors (Lipinski definition) is 0. The normalized spacial score (nSPS) is 17.4. The number of likely N-dealkylation sites (tertiary alicyclic amines) is 1. The van der Waals surface area contributed by atoms with Crippen LogP contribution in [0.1, 0.15) is 12.0 Å². The molecular formula is C16H21ClN2O3. The van der Waals surface area contributed by atoms with E-state index >= 15 is 0 Å². The van der Waals surface area contributed by atoms with Crippen LogP contribution in [-0.2, 0) is 16.1 Å². The molecule has 0 N–H and O–H groups in total. The Kier molecular flexibility index (Phi) is 6.07. The van der Waals surface area contributed by atoms with Crippen molar-refractivity contribution in [1.29, 1.82) is 0 Å². The van der Waals surface area contributed by atoms with E-state index in [0.29, 0.717) is 19.6 Å². The summed E-state index contributed by atoms with van der Waals surface area (Å²) in [5.41, 5.74) is 0.971. The summed E-state index contributed by atoms with van der Waals surface area (Å²) in [6.07, 6.45) is 0.582. The molecule has 6 heteroatoms.